The van der Waals surface area contributed by atoms with Crippen LogP contribution in [-0.2, 0) is 6.54 Å². The van der Waals surface area contributed by atoms with Gasteiger partial charge in [0.2, 0.25) is 0 Å². The molecule has 0 spiro atoms. The summed E-state index contributed by atoms with van der Waals surface area (Å²) in [4.78, 5) is 21.6. The zero-order valence-electron chi connectivity index (χ0n) is 15.1. The van der Waals surface area contributed by atoms with Crippen LogP contribution in [-0.4, -0.2) is 67.9 Å². The highest BCUT2D eigenvalue weighted by molar-refractivity contribution is 5.91. The smallest absolute Gasteiger partial charge is 0.276 e. The van der Waals surface area contributed by atoms with Gasteiger partial charge in [-0.25, -0.2) is 4.68 Å². The highest BCUT2D eigenvalue weighted by Crippen LogP contribution is 2.24. The summed E-state index contributed by atoms with van der Waals surface area (Å²) in [6.45, 7) is 4.17. The fourth-order valence-electron chi connectivity index (χ4n) is 4.07. The van der Waals surface area contributed by atoms with E-state index in [9.17, 15) is 4.79 Å². The van der Waals surface area contributed by atoms with Crippen molar-refractivity contribution in [2.45, 2.75) is 44.7 Å². The number of pyridine rings is 1. The number of hydrogen-bond acceptors (Lipinski definition) is 5. The second kappa shape index (κ2) is 7.95. The Kier molecular flexibility index (Phi) is 5.24. The predicted octanol–water partition coefficient (Wildman–Crippen LogP) is 1.81. The maximum Gasteiger partial charge on any atom is 0.276 e. The largest absolute Gasteiger partial charge is 0.336 e. The quantitative estimate of drug-likeness (QED) is 0.838. The van der Waals surface area contributed by atoms with Crippen LogP contribution in [0.2, 0.25) is 0 Å². The van der Waals surface area contributed by atoms with E-state index in [4.69, 9.17) is 0 Å². The Hall–Kier alpha value is -2.28. The van der Waals surface area contributed by atoms with E-state index < -0.39 is 0 Å². The van der Waals surface area contributed by atoms with Crippen LogP contribution < -0.4 is 0 Å². The summed E-state index contributed by atoms with van der Waals surface area (Å²) in [6, 6.07) is 6.49. The van der Waals surface area contributed by atoms with Crippen LogP contribution in [0.1, 0.15) is 48.3 Å². The summed E-state index contributed by atoms with van der Waals surface area (Å²) in [5.41, 5.74) is 1.33. The van der Waals surface area contributed by atoms with Crippen LogP contribution in [0, 0.1) is 0 Å². The van der Waals surface area contributed by atoms with E-state index >= 15 is 0 Å². The Bertz CT molecular complexity index is 725. The van der Waals surface area contributed by atoms with Crippen molar-refractivity contribution in [1.82, 2.24) is 29.8 Å². The molecule has 2 fully saturated rings. The van der Waals surface area contributed by atoms with Gasteiger partial charge in [0.15, 0.2) is 5.69 Å². The van der Waals surface area contributed by atoms with E-state index in [1.165, 1.54) is 25.7 Å². The molecule has 0 atom stereocenters. The number of nitrogens with zero attached hydrogens (tertiary/aromatic N) is 6. The van der Waals surface area contributed by atoms with Gasteiger partial charge in [-0.05, 0) is 31.4 Å². The van der Waals surface area contributed by atoms with Gasteiger partial charge in [-0.1, -0.05) is 24.1 Å². The number of aromatic nitrogens is 4. The van der Waals surface area contributed by atoms with Crippen LogP contribution in [0.5, 0.6) is 0 Å². The van der Waals surface area contributed by atoms with E-state index in [0.717, 1.165) is 44.3 Å². The van der Waals surface area contributed by atoms with Crippen molar-refractivity contribution in [3.05, 3.63) is 42.0 Å². The summed E-state index contributed by atoms with van der Waals surface area (Å²) in [7, 11) is 0. The first-order chi connectivity index (χ1) is 12.8. The van der Waals surface area contributed by atoms with Gasteiger partial charge in [-0.2, -0.15) is 0 Å². The molecule has 0 radical (unpaired) electrons. The zero-order valence-corrected chi connectivity index (χ0v) is 15.1. The number of carbonyl (C=O) groups is 1. The molecule has 0 N–H and O–H groups in total. The molecule has 26 heavy (non-hydrogen) atoms. The molecule has 1 saturated carbocycles. The highest BCUT2D eigenvalue weighted by Gasteiger charge is 2.27. The average Bonchev–Trinajstić information content (AvgIpc) is 3.30. The van der Waals surface area contributed by atoms with E-state index in [0.29, 0.717) is 12.2 Å². The van der Waals surface area contributed by atoms with Crippen LogP contribution in [0.25, 0.3) is 0 Å². The molecule has 4 rings (SSSR count). The number of hydrogen-bond donors (Lipinski definition) is 0. The van der Waals surface area contributed by atoms with Gasteiger partial charge in [-0.3, -0.25) is 14.7 Å². The monoisotopic (exact) mass is 354 g/mol. The van der Waals surface area contributed by atoms with Gasteiger partial charge in [-0.15, -0.1) is 5.10 Å². The zero-order chi connectivity index (χ0) is 17.8. The fourth-order valence-corrected chi connectivity index (χ4v) is 4.07. The van der Waals surface area contributed by atoms with Crippen molar-refractivity contribution in [2.75, 3.05) is 26.2 Å². The Morgan fingerprint density at radius 1 is 1.08 bits per heavy atom. The van der Waals surface area contributed by atoms with Crippen molar-refractivity contribution in [2.24, 2.45) is 0 Å². The minimum absolute atomic E-state index is 0.00876. The summed E-state index contributed by atoms with van der Waals surface area (Å²) < 4.78 is 1.68. The van der Waals surface area contributed by atoms with Gasteiger partial charge >= 0.3 is 0 Å². The Morgan fingerprint density at radius 2 is 1.96 bits per heavy atom. The minimum Gasteiger partial charge on any atom is -0.336 e. The first-order valence-electron chi connectivity index (χ1n) is 9.63. The van der Waals surface area contributed by atoms with Crippen molar-refractivity contribution >= 4 is 5.91 Å². The molecule has 1 saturated heterocycles. The van der Waals surface area contributed by atoms with Crippen LogP contribution in [0.4, 0.5) is 0 Å². The summed E-state index contributed by atoms with van der Waals surface area (Å²) >= 11 is 0. The molecule has 7 nitrogen and oxygen atoms in total. The Balaban J connectivity index is 1.36. The SMILES string of the molecule is O=C(c1cn(Cc2ccccn2)nn1)N1CCCN(C2CCCC2)CC1. The molecule has 0 aromatic carbocycles. The Morgan fingerprint density at radius 3 is 2.77 bits per heavy atom. The van der Waals surface area contributed by atoms with Gasteiger partial charge in [0.05, 0.1) is 18.4 Å². The van der Waals surface area contributed by atoms with Gasteiger partial charge in [0.1, 0.15) is 0 Å². The lowest BCUT2D eigenvalue weighted by molar-refractivity contribution is 0.0752. The van der Waals surface area contributed by atoms with E-state index in [2.05, 4.69) is 20.2 Å². The maximum atomic E-state index is 12.8. The van der Waals surface area contributed by atoms with E-state index in [-0.39, 0.29) is 5.91 Å². The minimum atomic E-state index is -0.00876. The third-order valence-corrected chi connectivity index (χ3v) is 5.47. The van der Waals surface area contributed by atoms with E-state index in [1.54, 1.807) is 17.1 Å². The maximum absolute atomic E-state index is 12.8. The van der Waals surface area contributed by atoms with Gasteiger partial charge in [0.25, 0.3) is 5.91 Å². The van der Waals surface area contributed by atoms with E-state index in [1.807, 2.05) is 23.1 Å². The van der Waals surface area contributed by atoms with Crippen LogP contribution in [0.15, 0.2) is 30.6 Å². The highest BCUT2D eigenvalue weighted by atomic mass is 16.2. The molecule has 2 aliphatic rings. The molecule has 138 valence electrons. The standard InChI is InChI=1S/C19H26N6O/c26-19(18-15-25(22-21-18)14-16-6-3-4-9-20-16)24-11-5-10-23(12-13-24)17-7-1-2-8-17/h3-4,6,9,15,17H,1-2,5,7-8,10-14H2. The lowest BCUT2D eigenvalue weighted by atomic mass is 10.2. The molecular weight excluding hydrogens is 328 g/mol. The normalized spacial score (nSPS) is 19.6. The third kappa shape index (κ3) is 3.93. The third-order valence-electron chi connectivity index (χ3n) is 5.47. The number of carbonyl (C=O) groups excluding carboxylic acids is 1. The first kappa shape index (κ1) is 17.1. The molecule has 1 aliphatic heterocycles. The van der Waals surface area contributed by atoms with Crippen molar-refractivity contribution in [3.8, 4) is 0 Å². The van der Waals surface area contributed by atoms with Gasteiger partial charge in [0, 0.05) is 38.4 Å². The molecular formula is C19H26N6O. The summed E-state index contributed by atoms with van der Waals surface area (Å²) in [5, 5.41) is 8.19. The Labute approximate surface area is 154 Å². The molecule has 0 unspecified atom stereocenters. The molecule has 1 aliphatic carbocycles. The second-order valence-electron chi connectivity index (χ2n) is 7.24. The second-order valence-corrected chi connectivity index (χ2v) is 7.24. The summed E-state index contributed by atoms with van der Waals surface area (Å²) in [5.74, 6) is -0.00876. The van der Waals surface area contributed by atoms with Crippen molar-refractivity contribution in [3.63, 3.8) is 0 Å². The van der Waals surface area contributed by atoms with Gasteiger partial charge < -0.3 is 4.90 Å². The number of amides is 1. The topological polar surface area (TPSA) is 67.2 Å². The fraction of sp³-hybridized carbons (Fsp3) is 0.579. The molecule has 2 aromatic rings. The molecule has 1 amide bonds. The van der Waals surface area contributed by atoms with Crippen molar-refractivity contribution < 1.29 is 4.79 Å². The average molecular weight is 354 g/mol. The molecule has 7 heteroatoms. The molecule has 0 bridgehead atoms. The predicted molar refractivity (Wildman–Crippen MR) is 97.7 cm³/mol. The summed E-state index contributed by atoms with van der Waals surface area (Å²) in [6.07, 6.45) is 9.85. The number of rotatable bonds is 4. The van der Waals surface area contributed by atoms with Crippen LogP contribution >= 0.6 is 0 Å². The molecule has 3 heterocycles. The van der Waals surface area contributed by atoms with Crippen LogP contribution in [0.3, 0.4) is 0 Å². The van der Waals surface area contributed by atoms with Crippen molar-refractivity contribution in [1.29, 1.82) is 0 Å². The first-order valence-corrected chi connectivity index (χ1v) is 9.63. The molecule has 2 aromatic heterocycles. The lowest BCUT2D eigenvalue weighted by Gasteiger charge is -2.27. The lowest BCUT2D eigenvalue weighted by Crippen LogP contribution is -2.38.